The van der Waals surface area contributed by atoms with E-state index in [2.05, 4.69) is 10.8 Å². The maximum absolute atomic E-state index is 13.3. The summed E-state index contributed by atoms with van der Waals surface area (Å²) in [5.74, 6) is 4.20. The normalized spacial score (nSPS) is 22.1. The molecule has 0 aliphatic carbocycles. The molecule has 3 heterocycles. The highest BCUT2D eigenvalue weighted by Gasteiger charge is 2.50. The first-order valence-corrected chi connectivity index (χ1v) is 11.3. The van der Waals surface area contributed by atoms with E-state index >= 15 is 0 Å². The second-order valence-corrected chi connectivity index (χ2v) is 9.04. The van der Waals surface area contributed by atoms with E-state index in [1.165, 1.54) is 10.8 Å². The molecule has 9 heteroatoms. The van der Waals surface area contributed by atoms with Crippen LogP contribution >= 0.6 is 23.2 Å². The lowest BCUT2D eigenvalue weighted by atomic mass is 9.83. The van der Waals surface area contributed by atoms with E-state index in [4.69, 9.17) is 50.8 Å². The van der Waals surface area contributed by atoms with E-state index in [0.29, 0.717) is 64.6 Å². The number of allylic oxidation sites excluding steroid dienone is 1. The fourth-order valence-electron chi connectivity index (χ4n) is 4.62. The molecule has 7 nitrogen and oxygen atoms in total. The number of ether oxygens (including phenoxy) is 1. The largest absolute Gasteiger partial charge is 0.483 e. The lowest BCUT2D eigenvalue weighted by molar-refractivity contribution is 0.00614. The van der Waals surface area contributed by atoms with Crippen LogP contribution in [0.5, 0.6) is 0 Å². The predicted molar refractivity (Wildman–Crippen MR) is 132 cm³/mol. The number of rotatable bonds is 2. The minimum absolute atomic E-state index is 0.191. The van der Waals surface area contributed by atoms with Crippen molar-refractivity contribution in [3.63, 3.8) is 0 Å². The molecule has 0 unspecified atom stereocenters. The number of hydrogen-bond acceptors (Lipinski definition) is 6. The number of halogens is 2. The van der Waals surface area contributed by atoms with Crippen LogP contribution in [0.25, 0.3) is 5.69 Å². The molecular weight excluding hydrogens is 461 g/mol. The second kappa shape index (κ2) is 8.79. The molecule has 4 N–H and O–H groups in total. The van der Waals surface area contributed by atoms with Gasteiger partial charge in [-0.25, -0.2) is 4.98 Å². The molecule has 33 heavy (non-hydrogen) atoms. The summed E-state index contributed by atoms with van der Waals surface area (Å²) < 4.78 is 7.68. The third-order valence-corrected chi connectivity index (χ3v) is 7.23. The van der Waals surface area contributed by atoms with E-state index in [1.807, 2.05) is 0 Å². The number of anilines is 1. The van der Waals surface area contributed by atoms with Gasteiger partial charge in [0.1, 0.15) is 23.0 Å². The van der Waals surface area contributed by atoms with Crippen LogP contribution in [0.15, 0.2) is 46.6 Å². The smallest absolute Gasteiger partial charge is 0.263 e. The Bertz CT molecular complexity index is 1270. The first-order chi connectivity index (χ1) is 15.7. The van der Waals surface area contributed by atoms with Crippen LogP contribution < -0.4 is 21.9 Å². The Balaban J connectivity index is 1.64. The third-order valence-electron chi connectivity index (χ3n) is 6.42. The Hall–Kier alpha value is -2.92. The molecule has 2 aromatic rings. The topological polar surface area (TPSA) is 99.4 Å². The van der Waals surface area contributed by atoms with Gasteiger partial charge < -0.3 is 21.1 Å². The van der Waals surface area contributed by atoms with Gasteiger partial charge in [0, 0.05) is 37.7 Å². The van der Waals surface area contributed by atoms with Crippen molar-refractivity contribution >= 4 is 29.0 Å². The molecule has 0 amide bonds. The lowest BCUT2D eigenvalue weighted by Crippen LogP contribution is -2.53. The van der Waals surface area contributed by atoms with Gasteiger partial charge in [-0.2, -0.15) is 0 Å². The van der Waals surface area contributed by atoms with Gasteiger partial charge in [-0.1, -0.05) is 35.2 Å². The average Bonchev–Trinajstić information content (AvgIpc) is 3.06. The van der Waals surface area contributed by atoms with Crippen molar-refractivity contribution in [2.45, 2.75) is 38.3 Å². The quantitative estimate of drug-likeness (QED) is 0.633. The number of benzene rings is 1. The number of hydrogen-bond donors (Lipinski definition) is 2. The molecule has 2 fully saturated rings. The highest BCUT2D eigenvalue weighted by molar-refractivity contribution is 6.43. The molecule has 0 radical (unpaired) electrons. The highest BCUT2D eigenvalue weighted by atomic mass is 35.5. The SMILES string of the molecule is C#CC=C1/C(=C\N)OC2(CCN(c3nc(C)n(-c4cccc(Cl)c4Cl)c(=O)c3C)CC2)[C@@H]1N. The third kappa shape index (κ3) is 3.78. The summed E-state index contributed by atoms with van der Waals surface area (Å²) in [6.07, 6.45) is 9.74. The van der Waals surface area contributed by atoms with Crippen molar-refractivity contribution in [3.8, 4) is 18.0 Å². The van der Waals surface area contributed by atoms with E-state index in [-0.39, 0.29) is 11.6 Å². The second-order valence-electron chi connectivity index (χ2n) is 8.25. The molecule has 1 aromatic carbocycles. The van der Waals surface area contributed by atoms with Gasteiger partial charge in [-0.05, 0) is 32.1 Å². The summed E-state index contributed by atoms with van der Waals surface area (Å²) in [5, 5.41) is 0.686. The van der Waals surface area contributed by atoms with Crippen molar-refractivity contribution < 1.29 is 4.74 Å². The molecule has 172 valence electrons. The predicted octanol–water partition coefficient (Wildman–Crippen LogP) is 3.21. The van der Waals surface area contributed by atoms with E-state index in [0.717, 1.165) is 5.57 Å². The van der Waals surface area contributed by atoms with Gasteiger partial charge in [0.15, 0.2) is 0 Å². The zero-order valence-electron chi connectivity index (χ0n) is 18.4. The van der Waals surface area contributed by atoms with Crippen molar-refractivity contribution in [1.82, 2.24) is 9.55 Å². The van der Waals surface area contributed by atoms with Crippen molar-refractivity contribution in [2.75, 3.05) is 18.0 Å². The number of piperidine rings is 1. The summed E-state index contributed by atoms with van der Waals surface area (Å²) in [6.45, 7) is 4.77. The number of nitrogens with zero attached hydrogens (tertiary/aromatic N) is 3. The first-order valence-electron chi connectivity index (χ1n) is 10.6. The van der Waals surface area contributed by atoms with Gasteiger partial charge in [0.2, 0.25) is 0 Å². The summed E-state index contributed by atoms with van der Waals surface area (Å²) in [4.78, 5) is 20.2. The zero-order valence-corrected chi connectivity index (χ0v) is 20.0. The van der Waals surface area contributed by atoms with Crippen molar-refractivity contribution in [2.24, 2.45) is 11.5 Å². The molecule has 2 aliphatic heterocycles. The Kier molecular flexibility index (Phi) is 6.19. The van der Waals surface area contributed by atoms with Crippen LogP contribution in [0.2, 0.25) is 10.0 Å². The van der Waals surface area contributed by atoms with Crippen LogP contribution in [-0.2, 0) is 4.74 Å². The summed E-state index contributed by atoms with van der Waals surface area (Å²) in [7, 11) is 0. The Morgan fingerprint density at radius 3 is 2.64 bits per heavy atom. The molecule has 1 aromatic heterocycles. The maximum Gasteiger partial charge on any atom is 0.263 e. The van der Waals surface area contributed by atoms with E-state index in [9.17, 15) is 4.79 Å². The Labute approximate surface area is 202 Å². The molecule has 4 rings (SSSR count). The van der Waals surface area contributed by atoms with E-state index in [1.54, 1.807) is 38.1 Å². The van der Waals surface area contributed by atoms with Gasteiger partial charge >= 0.3 is 0 Å². The maximum atomic E-state index is 13.3. The molecule has 2 aliphatic rings. The van der Waals surface area contributed by atoms with Gasteiger partial charge in [0.05, 0.1) is 27.3 Å². The number of nitrogens with two attached hydrogens (primary N) is 2. The molecule has 1 spiro atoms. The molecule has 1 atom stereocenters. The lowest BCUT2D eigenvalue weighted by Gasteiger charge is -2.41. The number of terminal acetylenes is 1. The van der Waals surface area contributed by atoms with Crippen molar-refractivity contribution in [3.05, 3.63) is 73.6 Å². The highest BCUT2D eigenvalue weighted by Crippen LogP contribution is 2.43. The number of aromatic nitrogens is 2. The first kappa shape index (κ1) is 23.2. The molecule has 0 saturated carbocycles. The molecule has 0 bridgehead atoms. The van der Waals surface area contributed by atoms with Crippen LogP contribution in [-0.4, -0.2) is 34.3 Å². The monoisotopic (exact) mass is 485 g/mol. The van der Waals surface area contributed by atoms with Crippen LogP contribution in [0.3, 0.4) is 0 Å². The summed E-state index contributed by atoms with van der Waals surface area (Å²) >= 11 is 12.5. The van der Waals surface area contributed by atoms with Gasteiger partial charge in [-0.15, -0.1) is 6.42 Å². The fourth-order valence-corrected chi connectivity index (χ4v) is 5.00. The average molecular weight is 486 g/mol. The Morgan fingerprint density at radius 1 is 1.30 bits per heavy atom. The molecule has 2 saturated heterocycles. The standard InChI is InChI=1S/C24H25Cl2N5O2/c1-4-6-16-19(13-27)33-24(21(16)28)9-11-30(12-10-24)22-14(2)23(32)31(15(3)29-22)18-8-5-7-17(25)20(18)26/h1,5-8,13,21H,9-12,27-28H2,2-3H3/b16-6?,19-13+/t21-/m1/s1. The minimum Gasteiger partial charge on any atom is -0.483 e. The number of aryl methyl sites for hydroxylation is 1. The van der Waals surface area contributed by atoms with Gasteiger partial charge in [0.25, 0.3) is 5.56 Å². The summed E-state index contributed by atoms with van der Waals surface area (Å²) in [6, 6.07) is 4.80. The van der Waals surface area contributed by atoms with E-state index < -0.39 is 5.60 Å². The van der Waals surface area contributed by atoms with Crippen molar-refractivity contribution in [1.29, 1.82) is 0 Å². The molecular formula is C24H25Cl2N5O2. The minimum atomic E-state index is -0.587. The van der Waals surface area contributed by atoms with Crippen LogP contribution in [0, 0.1) is 26.2 Å². The summed E-state index contributed by atoms with van der Waals surface area (Å²) in [5.41, 5.74) is 13.2. The Morgan fingerprint density at radius 2 is 2.00 bits per heavy atom. The zero-order chi connectivity index (χ0) is 23.9. The fraction of sp³-hybridized carbons (Fsp3) is 0.333. The van der Waals surface area contributed by atoms with Crippen LogP contribution in [0.1, 0.15) is 24.2 Å². The van der Waals surface area contributed by atoms with Crippen LogP contribution in [0.4, 0.5) is 5.82 Å². The van der Waals surface area contributed by atoms with Gasteiger partial charge in [-0.3, -0.25) is 9.36 Å².